The molecule has 1 saturated heterocycles. The normalized spacial score (nSPS) is 23.6. The third-order valence-electron chi connectivity index (χ3n) is 4.79. The van der Waals surface area contributed by atoms with Gasteiger partial charge in [0, 0.05) is 25.4 Å². The van der Waals surface area contributed by atoms with Crippen LogP contribution in [0.25, 0.3) is 0 Å². The van der Waals surface area contributed by atoms with Crippen molar-refractivity contribution in [2.45, 2.75) is 69.1 Å². The van der Waals surface area contributed by atoms with Gasteiger partial charge in [-0.1, -0.05) is 12.8 Å². The monoisotopic (exact) mass is 330 g/mol. The van der Waals surface area contributed by atoms with E-state index in [-0.39, 0.29) is 35.8 Å². The van der Waals surface area contributed by atoms with Crippen LogP contribution in [0.5, 0.6) is 0 Å². The van der Waals surface area contributed by atoms with Gasteiger partial charge in [-0.15, -0.1) is 0 Å². The number of primary amides is 1. The van der Waals surface area contributed by atoms with E-state index in [9.17, 15) is 18.0 Å². The lowest BCUT2D eigenvalue weighted by Gasteiger charge is -2.35. The molecule has 0 aromatic carbocycles. The highest BCUT2D eigenvalue weighted by atomic mass is 32.2. The van der Waals surface area contributed by atoms with Gasteiger partial charge in [0.05, 0.1) is 11.0 Å². The van der Waals surface area contributed by atoms with E-state index < -0.39 is 15.7 Å². The van der Waals surface area contributed by atoms with E-state index in [0.29, 0.717) is 6.54 Å². The molecule has 2 aliphatic rings. The van der Waals surface area contributed by atoms with Crippen molar-refractivity contribution < 1.29 is 18.0 Å². The molecule has 0 radical (unpaired) electrons. The van der Waals surface area contributed by atoms with Crippen LogP contribution in [0.2, 0.25) is 0 Å². The molecule has 1 unspecified atom stereocenters. The fourth-order valence-electron chi connectivity index (χ4n) is 3.56. The zero-order valence-electron chi connectivity index (χ0n) is 13.0. The Hall–Kier alpha value is -1.11. The summed E-state index contributed by atoms with van der Waals surface area (Å²) in [6, 6.07) is -0.159. The molecule has 1 heterocycles. The van der Waals surface area contributed by atoms with Gasteiger partial charge in [-0.2, -0.15) is 0 Å². The maximum Gasteiger partial charge on any atom is 0.223 e. The molecular formula is C15H26N2O4S. The average molecular weight is 330 g/mol. The first-order valence-corrected chi connectivity index (χ1v) is 9.91. The fraction of sp³-hybridized carbons (Fsp3) is 0.867. The van der Waals surface area contributed by atoms with Crippen LogP contribution < -0.4 is 5.73 Å². The zero-order valence-corrected chi connectivity index (χ0v) is 13.8. The number of sulfone groups is 1. The van der Waals surface area contributed by atoms with Crippen LogP contribution in [0.15, 0.2) is 0 Å². The number of piperidine rings is 1. The van der Waals surface area contributed by atoms with E-state index in [0.717, 1.165) is 44.9 Å². The lowest BCUT2D eigenvalue weighted by molar-refractivity contribution is -0.135. The minimum atomic E-state index is -3.17. The summed E-state index contributed by atoms with van der Waals surface area (Å²) in [7, 11) is -3.17. The van der Waals surface area contributed by atoms with Gasteiger partial charge in [-0.25, -0.2) is 8.42 Å². The van der Waals surface area contributed by atoms with E-state index in [2.05, 4.69) is 0 Å². The summed E-state index contributed by atoms with van der Waals surface area (Å²) in [6.45, 7) is 0.597. The Morgan fingerprint density at radius 3 is 2.32 bits per heavy atom. The van der Waals surface area contributed by atoms with Gasteiger partial charge in [0.25, 0.3) is 0 Å². The summed E-state index contributed by atoms with van der Waals surface area (Å²) in [5, 5.41) is -0.261. The van der Waals surface area contributed by atoms with Crippen molar-refractivity contribution in [1.29, 1.82) is 0 Å². The number of nitrogens with zero attached hydrogens (tertiary/aromatic N) is 1. The van der Waals surface area contributed by atoms with Crippen molar-refractivity contribution in [3.8, 4) is 0 Å². The molecule has 7 heteroatoms. The van der Waals surface area contributed by atoms with Gasteiger partial charge >= 0.3 is 0 Å². The lowest BCUT2D eigenvalue weighted by atomic mass is 9.99. The highest BCUT2D eigenvalue weighted by molar-refractivity contribution is 7.92. The second kappa shape index (κ2) is 7.44. The third kappa shape index (κ3) is 4.44. The van der Waals surface area contributed by atoms with Crippen molar-refractivity contribution in [2.75, 3.05) is 12.3 Å². The number of hydrogen-bond donors (Lipinski definition) is 1. The maximum absolute atomic E-state index is 12.4. The summed E-state index contributed by atoms with van der Waals surface area (Å²) in [6.07, 6.45) is 6.21. The SMILES string of the molecule is NC(=O)CC1CCCCN1C(=O)CCS(=O)(=O)C1CCCC1. The topological polar surface area (TPSA) is 97.5 Å². The van der Waals surface area contributed by atoms with Crippen molar-refractivity contribution in [1.82, 2.24) is 4.90 Å². The summed E-state index contributed by atoms with van der Waals surface area (Å²) in [4.78, 5) is 25.1. The Morgan fingerprint density at radius 1 is 1.05 bits per heavy atom. The Bertz CT molecular complexity index is 512. The smallest absolute Gasteiger partial charge is 0.223 e. The van der Waals surface area contributed by atoms with E-state index in [1.165, 1.54) is 0 Å². The molecule has 1 saturated carbocycles. The predicted molar refractivity (Wildman–Crippen MR) is 83.8 cm³/mol. The molecule has 1 aliphatic carbocycles. The molecule has 0 aromatic heterocycles. The molecule has 0 aromatic rings. The molecule has 2 rings (SSSR count). The molecular weight excluding hydrogens is 304 g/mol. The predicted octanol–water partition coefficient (Wildman–Crippen LogP) is 0.990. The number of hydrogen-bond acceptors (Lipinski definition) is 4. The second-order valence-electron chi connectivity index (χ2n) is 6.43. The van der Waals surface area contributed by atoms with Crippen LogP contribution in [0.1, 0.15) is 57.8 Å². The largest absolute Gasteiger partial charge is 0.370 e. The number of likely N-dealkylation sites (tertiary alicyclic amines) is 1. The second-order valence-corrected chi connectivity index (χ2v) is 8.83. The standard InChI is InChI=1S/C15H26N2O4S/c16-14(18)11-12-5-3-4-9-17(12)15(19)8-10-22(20,21)13-6-1-2-7-13/h12-13H,1-11H2,(H2,16,18). The van der Waals surface area contributed by atoms with Gasteiger partial charge in [0.1, 0.15) is 0 Å². The molecule has 6 nitrogen and oxygen atoms in total. The summed E-state index contributed by atoms with van der Waals surface area (Å²) in [5.74, 6) is -0.646. The van der Waals surface area contributed by atoms with Gasteiger partial charge < -0.3 is 10.6 Å². The fourth-order valence-corrected chi connectivity index (χ4v) is 5.40. The van der Waals surface area contributed by atoms with Crippen molar-refractivity contribution >= 4 is 21.7 Å². The third-order valence-corrected chi connectivity index (χ3v) is 7.06. The Balaban J connectivity index is 1.90. The van der Waals surface area contributed by atoms with E-state index >= 15 is 0 Å². The number of carbonyl (C=O) groups is 2. The van der Waals surface area contributed by atoms with Crippen LogP contribution in [0.4, 0.5) is 0 Å². The molecule has 2 N–H and O–H groups in total. The number of carbonyl (C=O) groups excluding carboxylic acids is 2. The minimum Gasteiger partial charge on any atom is -0.370 e. The average Bonchev–Trinajstić information content (AvgIpc) is 3.00. The molecule has 22 heavy (non-hydrogen) atoms. The van der Waals surface area contributed by atoms with Gasteiger partial charge in [0.2, 0.25) is 11.8 Å². The van der Waals surface area contributed by atoms with E-state index in [4.69, 9.17) is 5.73 Å². The number of rotatable bonds is 6. The van der Waals surface area contributed by atoms with Crippen LogP contribution in [0.3, 0.4) is 0 Å². The van der Waals surface area contributed by atoms with Crippen molar-refractivity contribution in [3.05, 3.63) is 0 Å². The van der Waals surface area contributed by atoms with Crippen molar-refractivity contribution in [2.24, 2.45) is 5.73 Å². The minimum absolute atomic E-state index is 0.0219. The first-order valence-electron chi connectivity index (χ1n) is 8.19. The molecule has 2 amide bonds. The summed E-state index contributed by atoms with van der Waals surface area (Å²) in [5.41, 5.74) is 5.24. The van der Waals surface area contributed by atoms with Crippen LogP contribution in [-0.2, 0) is 19.4 Å². The van der Waals surface area contributed by atoms with Gasteiger partial charge in [0.15, 0.2) is 9.84 Å². The number of nitrogens with two attached hydrogens (primary N) is 1. The van der Waals surface area contributed by atoms with Gasteiger partial charge in [-0.3, -0.25) is 9.59 Å². The van der Waals surface area contributed by atoms with Crippen LogP contribution in [0, 0.1) is 0 Å². The van der Waals surface area contributed by atoms with Gasteiger partial charge in [-0.05, 0) is 32.1 Å². The summed E-state index contributed by atoms with van der Waals surface area (Å²) < 4.78 is 24.5. The molecule has 2 fully saturated rings. The zero-order chi connectivity index (χ0) is 16.2. The lowest BCUT2D eigenvalue weighted by Crippen LogP contribution is -2.46. The van der Waals surface area contributed by atoms with E-state index in [1.54, 1.807) is 4.90 Å². The number of amides is 2. The molecule has 0 spiro atoms. The highest BCUT2D eigenvalue weighted by Gasteiger charge is 2.32. The first-order chi connectivity index (χ1) is 10.4. The molecule has 1 atom stereocenters. The highest BCUT2D eigenvalue weighted by Crippen LogP contribution is 2.26. The first kappa shape index (κ1) is 17.2. The molecule has 0 bridgehead atoms. The summed E-state index contributed by atoms with van der Waals surface area (Å²) >= 11 is 0. The Morgan fingerprint density at radius 2 is 1.68 bits per heavy atom. The Labute approximate surface area is 132 Å². The molecule has 1 aliphatic heterocycles. The van der Waals surface area contributed by atoms with Crippen molar-refractivity contribution in [3.63, 3.8) is 0 Å². The van der Waals surface area contributed by atoms with Crippen LogP contribution in [-0.4, -0.2) is 48.7 Å². The van der Waals surface area contributed by atoms with E-state index in [1.807, 2.05) is 0 Å². The maximum atomic E-state index is 12.4. The molecule has 126 valence electrons. The quantitative estimate of drug-likeness (QED) is 0.785. The Kier molecular flexibility index (Phi) is 5.83. The van der Waals surface area contributed by atoms with Crippen LogP contribution >= 0.6 is 0 Å².